The number of aromatic nitrogens is 1. The van der Waals surface area contributed by atoms with Crippen LogP contribution in [-0.4, -0.2) is 62.4 Å². The van der Waals surface area contributed by atoms with Crippen LogP contribution in [0.3, 0.4) is 0 Å². The van der Waals surface area contributed by atoms with Crippen LogP contribution < -0.4 is 0 Å². The molecule has 1 saturated heterocycles. The largest absolute Gasteiger partial charge is 0.591 e. The fourth-order valence-corrected chi connectivity index (χ4v) is 4.30. The molecule has 0 radical (unpaired) electrons. The normalized spacial score (nSPS) is 18.3. The van der Waals surface area contributed by atoms with Gasteiger partial charge in [0.25, 0.3) is 0 Å². The third-order valence-electron chi connectivity index (χ3n) is 5.27. The van der Waals surface area contributed by atoms with Crippen molar-refractivity contribution in [2.45, 2.75) is 96.5 Å². The number of carbonyl (C=O) groups excluding carboxylic acids is 1. The SMILES string of the molecule is CC(C)(C)OC(=O)N1CCC(OCCCCC(CCc2cccnc2Cl)=N[S+]([O-])C(C)(C)C)C1. The number of pyridine rings is 1. The first kappa shape index (κ1) is 28.9. The molecule has 1 aromatic heterocycles. The van der Waals surface area contributed by atoms with E-state index in [9.17, 15) is 9.35 Å². The Balaban J connectivity index is 1.78. The van der Waals surface area contributed by atoms with Gasteiger partial charge in [-0.2, -0.15) is 0 Å². The molecule has 2 unspecified atom stereocenters. The van der Waals surface area contributed by atoms with E-state index in [1.165, 1.54) is 0 Å². The molecule has 7 nitrogen and oxygen atoms in total. The number of hydrogen-bond acceptors (Lipinski definition) is 6. The molecule has 1 aliphatic heterocycles. The minimum absolute atomic E-state index is 0.0433. The summed E-state index contributed by atoms with van der Waals surface area (Å²) in [6.45, 7) is 13.2. The number of carbonyl (C=O) groups is 1. The van der Waals surface area contributed by atoms with Crippen molar-refractivity contribution >= 4 is 34.8 Å². The average Bonchev–Trinajstić information content (AvgIpc) is 3.19. The number of nitrogens with zero attached hydrogens (tertiary/aromatic N) is 3. The molecule has 1 aromatic rings. The topological polar surface area (TPSA) is 87.1 Å². The minimum atomic E-state index is -1.30. The summed E-state index contributed by atoms with van der Waals surface area (Å²) >= 11 is 4.90. The second kappa shape index (κ2) is 13.1. The maximum Gasteiger partial charge on any atom is 0.410 e. The van der Waals surface area contributed by atoms with Crippen LogP contribution in [0.2, 0.25) is 5.15 Å². The van der Waals surface area contributed by atoms with Gasteiger partial charge >= 0.3 is 6.09 Å². The Kier molecular flexibility index (Phi) is 11.1. The predicted molar refractivity (Wildman–Crippen MR) is 139 cm³/mol. The number of halogens is 1. The van der Waals surface area contributed by atoms with E-state index in [1.807, 2.05) is 53.7 Å². The first-order chi connectivity index (χ1) is 15.8. The van der Waals surface area contributed by atoms with Gasteiger partial charge < -0.3 is 18.9 Å². The molecule has 2 heterocycles. The van der Waals surface area contributed by atoms with Crippen LogP contribution in [0.25, 0.3) is 0 Å². The molecule has 2 atom stereocenters. The van der Waals surface area contributed by atoms with Crippen molar-refractivity contribution in [1.29, 1.82) is 0 Å². The van der Waals surface area contributed by atoms with Crippen molar-refractivity contribution in [3.8, 4) is 0 Å². The van der Waals surface area contributed by atoms with E-state index in [0.717, 1.165) is 37.0 Å². The molecule has 9 heteroatoms. The monoisotopic (exact) mass is 513 g/mol. The maximum atomic E-state index is 12.6. The first-order valence-corrected chi connectivity index (χ1v) is 13.5. The standard InChI is InChI=1S/C25H40ClN3O4S/c1-24(2,3)33-23(30)29-16-14-21(18-29)32-17-8-7-11-20(28-34(31)25(4,5)6)13-12-19-10-9-15-27-22(19)26/h9-10,15,21H,7-8,11-14,16-18H2,1-6H3. The predicted octanol–water partition coefficient (Wildman–Crippen LogP) is 5.77. The molecule has 0 saturated carbocycles. The molecule has 2 rings (SSSR count). The third-order valence-corrected chi connectivity index (χ3v) is 7.08. The maximum absolute atomic E-state index is 12.6. The fourth-order valence-electron chi connectivity index (χ4n) is 3.39. The van der Waals surface area contributed by atoms with Gasteiger partial charge in [0, 0.05) is 19.3 Å². The molecule has 1 fully saturated rings. The summed E-state index contributed by atoms with van der Waals surface area (Å²) in [6, 6.07) is 3.83. The summed E-state index contributed by atoms with van der Waals surface area (Å²) in [5.74, 6) is 0. The zero-order chi connectivity index (χ0) is 25.4. The van der Waals surface area contributed by atoms with Gasteiger partial charge in [-0.05, 0) is 91.7 Å². The van der Waals surface area contributed by atoms with Crippen molar-refractivity contribution in [2.24, 2.45) is 4.40 Å². The van der Waals surface area contributed by atoms with E-state index >= 15 is 0 Å². The van der Waals surface area contributed by atoms with E-state index in [2.05, 4.69) is 9.38 Å². The van der Waals surface area contributed by atoms with Gasteiger partial charge in [0.1, 0.15) is 26.9 Å². The van der Waals surface area contributed by atoms with E-state index in [0.29, 0.717) is 37.7 Å². The van der Waals surface area contributed by atoms with Crippen LogP contribution in [0, 0.1) is 0 Å². The molecule has 0 bridgehead atoms. The second-order valence-corrected chi connectivity index (χ2v) is 12.9. The molecule has 0 aromatic carbocycles. The lowest BCUT2D eigenvalue weighted by molar-refractivity contribution is 0.0207. The van der Waals surface area contributed by atoms with Crippen LogP contribution in [-0.2, 0) is 27.3 Å². The highest BCUT2D eigenvalue weighted by atomic mass is 35.5. The van der Waals surface area contributed by atoms with Crippen molar-refractivity contribution in [3.63, 3.8) is 0 Å². The summed E-state index contributed by atoms with van der Waals surface area (Å²) in [6.07, 6.45) is 6.20. The number of likely N-dealkylation sites (tertiary alicyclic amines) is 1. The summed E-state index contributed by atoms with van der Waals surface area (Å²) in [4.78, 5) is 18.0. The number of aryl methyl sites for hydroxylation is 1. The Labute approximate surface area is 213 Å². The molecule has 0 aliphatic carbocycles. The number of amides is 1. The molecule has 192 valence electrons. The molecule has 0 N–H and O–H groups in total. The fraction of sp³-hybridized carbons (Fsp3) is 0.720. The van der Waals surface area contributed by atoms with E-state index in [4.69, 9.17) is 21.1 Å². The Morgan fingerprint density at radius 2 is 2.00 bits per heavy atom. The van der Waals surface area contributed by atoms with Gasteiger partial charge in [-0.1, -0.05) is 22.1 Å². The van der Waals surface area contributed by atoms with E-state index in [-0.39, 0.29) is 12.2 Å². The van der Waals surface area contributed by atoms with Gasteiger partial charge in [-0.3, -0.25) is 0 Å². The van der Waals surface area contributed by atoms with Crippen molar-refractivity contribution in [2.75, 3.05) is 19.7 Å². The lowest BCUT2D eigenvalue weighted by Gasteiger charge is -2.24. The van der Waals surface area contributed by atoms with Crippen LogP contribution in [0.15, 0.2) is 22.7 Å². The molecular formula is C25H40ClN3O4S. The smallest absolute Gasteiger partial charge is 0.410 e. The Morgan fingerprint density at radius 3 is 2.65 bits per heavy atom. The molecule has 1 aliphatic rings. The van der Waals surface area contributed by atoms with Crippen LogP contribution >= 0.6 is 11.6 Å². The highest BCUT2D eigenvalue weighted by molar-refractivity contribution is 7.91. The minimum Gasteiger partial charge on any atom is -0.591 e. The molecular weight excluding hydrogens is 474 g/mol. The lowest BCUT2D eigenvalue weighted by atomic mass is 10.0. The highest BCUT2D eigenvalue weighted by Crippen LogP contribution is 2.21. The van der Waals surface area contributed by atoms with Crippen molar-refractivity contribution < 1.29 is 18.8 Å². The van der Waals surface area contributed by atoms with Gasteiger partial charge in [0.05, 0.1) is 18.4 Å². The van der Waals surface area contributed by atoms with Crippen LogP contribution in [0.1, 0.15) is 79.2 Å². The van der Waals surface area contributed by atoms with Gasteiger partial charge in [0.15, 0.2) is 0 Å². The molecule has 34 heavy (non-hydrogen) atoms. The van der Waals surface area contributed by atoms with E-state index < -0.39 is 21.7 Å². The number of ether oxygens (including phenoxy) is 2. The molecule has 0 spiro atoms. The number of rotatable bonds is 10. The van der Waals surface area contributed by atoms with Crippen molar-refractivity contribution in [3.05, 3.63) is 29.0 Å². The van der Waals surface area contributed by atoms with Crippen LogP contribution in [0.4, 0.5) is 4.79 Å². The van der Waals surface area contributed by atoms with Gasteiger partial charge in [-0.25, -0.2) is 9.78 Å². The summed E-state index contributed by atoms with van der Waals surface area (Å²) in [5, 5.41) is 0.504. The lowest BCUT2D eigenvalue weighted by Crippen LogP contribution is -2.36. The Morgan fingerprint density at radius 1 is 1.26 bits per heavy atom. The number of unbranched alkanes of at least 4 members (excludes halogenated alkanes) is 1. The Bertz CT molecular complexity index is 823. The zero-order valence-electron chi connectivity index (χ0n) is 21.4. The Hall–Kier alpha value is -1.35. The van der Waals surface area contributed by atoms with E-state index in [1.54, 1.807) is 11.1 Å². The molecule has 1 amide bonds. The second-order valence-electron chi connectivity index (χ2n) is 10.6. The summed E-state index contributed by atoms with van der Waals surface area (Å²) in [5.41, 5.74) is 1.41. The summed E-state index contributed by atoms with van der Waals surface area (Å²) in [7, 11) is 0. The van der Waals surface area contributed by atoms with Crippen LogP contribution in [0.5, 0.6) is 0 Å². The zero-order valence-corrected chi connectivity index (χ0v) is 23.0. The highest BCUT2D eigenvalue weighted by Gasteiger charge is 2.30. The average molecular weight is 514 g/mol. The van der Waals surface area contributed by atoms with Gasteiger partial charge in [0.2, 0.25) is 0 Å². The summed E-state index contributed by atoms with van der Waals surface area (Å²) < 4.78 is 28.2. The third kappa shape index (κ3) is 10.5. The quantitative estimate of drug-likeness (QED) is 0.171. The van der Waals surface area contributed by atoms with Crippen molar-refractivity contribution in [1.82, 2.24) is 9.88 Å². The van der Waals surface area contributed by atoms with Gasteiger partial charge in [-0.15, -0.1) is 0 Å². The number of hydrogen-bond donors (Lipinski definition) is 0. The first-order valence-electron chi connectivity index (χ1n) is 12.0.